The van der Waals surface area contributed by atoms with E-state index in [4.69, 9.17) is 5.11 Å². The monoisotopic (exact) mass is 565 g/mol. The van der Waals surface area contributed by atoms with E-state index in [2.05, 4.69) is 25.0 Å². The molecule has 0 atom stereocenters. The minimum Gasteiger partial charge on any atom is -0.395 e. The Balaban J connectivity index is 1.39. The zero-order chi connectivity index (χ0) is 27.8. The van der Waals surface area contributed by atoms with Gasteiger partial charge in [0, 0.05) is 50.8 Å². The number of pyridine rings is 1. The van der Waals surface area contributed by atoms with E-state index >= 15 is 0 Å². The fourth-order valence-corrected chi connectivity index (χ4v) is 5.98. The molecule has 5 rings (SSSR count). The maximum Gasteiger partial charge on any atom is 0.278 e. The van der Waals surface area contributed by atoms with E-state index in [-0.39, 0.29) is 43.3 Å². The van der Waals surface area contributed by atoms with Gasteiger partial charge in [0.25, 0.3) is 11.8 Å². The molecular formula is C25H33F2N7O4S. The summed E-state index contributed by atoms with van der Waals surface area (Å²) in [6, 6.07) is 3.27. The summed E-state index contributed by atoms with van der Waals surface area (Å²) in [7, 11) is -3.78. The van der Waals surface area contributed by atoms with Crippen molar-refractivity contribution in [3.05, 3.63) is 29.7 Å². The van der Waals surface area contributed by atoms with Gasteiger partial charge in [-0.2, -0.15) is 4.98 Å². The highest BCUT2D eigenvalue weighted by atomic mass is 32.2. The van der Waals surface area contributed by atoms with Gasteiger partial charge in [-0.25, -0.2) is 27.2 Å². The van der Waals surface area contributed by atoms with Crippen LogP contribution in [0.15, 0.2) is 18.3 Å². The highest BCUT2D eigenvalue weighted by Crippen LogP contribution is 2.54. The summed E-state index contributed by atoms with van der Waals surface area (Å²) in [6.07, 6.45) is 5.09. The Hall–Kier alpha value is -3.13. The average molecular weight is 566 g/mol. The molecule has 2 aromatic rings. The number of aliphatic hydroxyl groups excluding tert-OH is 1. The van der Waals surface area contributed by atoms with Crippen LogP contribution in [-0.2, 0) is 10.0 Å². The summed E-state index contributed by atoms with van der Waals surface area (Å²) in [6.45, 7) is 2.92. The molecule has 11 nitrogen and oxygen atoms in total. The van der Waals surface area contributed by atoms with E-state index in [1.165, 1.54) is 19.0 Å². The van der Waals surface area contributed by atoms with Crippen LogP contribution >= 0.6 is 0 Å². The van der Waals surface area contributed by atoms with Crippen molar-refractivity contribution in [1.82, 2.24) is 15.0 Å². The standard InChI is InChI=1S/C25H33F2N7O4S/c1-17-14-20(34-10-6-25(26,27)7-11-34)30-23(29-17)31-22(36)21-19(33-8-4-24(2-3-24)5-9-33)15-18(16-28-21)32-39(37,38)13-12-35/h14-16,32,35H,2-13H2,1H3,(H,29,30,31,36). The number of nitrogens with one attached hydrogen (secondary N) is 2. The summed E-state index contributed by atoms with van der Waals surface area (Å²) in [4.78, 5) is 30.2. The minimum absolute atomic E-state index is 0.0309. The van der Waals surface area contributed by atoms with E-state index in [0.717, 1.165) is 12.8 Å². The van der Waals surface area contributed by atoms with Gasteiger partial charge < -0.3 is 14.9 Å². The number of sulfonamides is 1. The molecule has 1 aliphatic carbocycles. The summed E-state index contributed by atoms with van der Waals surface area (Å²) >= 11 is 0. The van der Waals surface area contributed by atoms with Crippen LogP contribution in [0.3, 0.4) is 0 Å². The summed E-state index contributed by atoms with van der Waals surface area (Å²) < 4.78 is 54.1. The number of piperidine rings is 2. The zero-order valence-corrected chi connectivity index (χ0v) is 22.6. The number of halogens is 2. The van der Waals surface area contributed by atoms with Gasteiger partial charge in [0.1, 0.15) is 5.82 Å². The van der Waals surface area contributed by atoms with Crippen molar-refractivity contribution in [1.29, 1.82) is 0 Å². The van der Waals surface area contributed by atoms with E-state index in [1.54, 1.807) is 24.0 Å². The first kappa shape index (κ1) is 27.4. The number of hydrogen-bond acceptors (Lipinski definition) is 9. The number of aromatic nitrogens is 3. The molecule has 0 unspecified atom stereocenters. The van der Waals surface area contributed by atoms with E-state index in [1.807, 2.05) is 4.90 Å². The number of nitrogens with zero attached hydrogens (tertiary/aromatic N) is 5. The largest absolute Gasteiger partial charge is 0.395 e. The van der Waals surface area contributed by atoms with Crippen LogP contribution in [0.25, 0.3) is 0 Å². The van der Waals surface area contributed by atoms with Crippen molar-refractivity contribution in [3.8, 4) is 0 Å². The maximum atomic E-state index is 13.6. The third kappa shape index (κ3) is 6.55. The summed E-state index contributed by atoms with van der Waals surface area (Å²) in [5.41, 5.74) is 1.73. The van der Waals surface area contributed by atoms with Crippen LogP contribution in [0.1, 0.15) is 54.7 Å². The Morgan fingerprint density at radius 1 is 1.03 bits per heavy atom. The second kappa shape index (κ2) is 10.5. The Kier molecular flexibility index (Phi) is 7.35. The third-order valence-electron chi connectivity index (χ3n) is 7.72. The van der Waals surface area contributed by atoms with Crippen molar-refractivity contribution < 1.29 is 27.1 Å². The molecule has 0 aromatic carbocycles. The van der Waals surface area contributed by atoms with Gasteiger partial charge in [-0.1, -0.05) is 0 Å². The van der Waals surface area contributed by atoms with Crippen molar-refractivity contribution in [2.75, 3.05) is 58.4 Å². The first-order valence-corrected chi connectivity index (χ1v) is 14.8. The molecule has 0 radical (unpaired) electrons. The van der Waals surface area contributed by atoms with Crippen molar-refractivity contribution in [2.45, 2.75) is 51.4 Å². The number of alkyl halides is 2. The van der Waals surface area contributed by atoms with Crippen LogP contribution < -0.4 is 19.8 Å². The van der Waals surface area contributed by atoms with Gasteiger partial charge in [-0.15, -0.1) is 0 Å². The molecule has 0 bridgehead atoms. The second-order valence-electron chi connectivity index (χ2n) is 10.7. The van der Waals surface area contributed by atoms with Gasteiger partial charge in [0.05, 0.1) is 29.9 Å². The Morgan fingerprint density at radius 2 is 1.69 bits per heavy atom. The Bertz CT molecular complexity index is 1330. The second-order valence-corrected chi connectivity index (χ2v) is 12.6. The van der Waals surface area contributed by atoms with E-state index in [0.29, 0.717) is 35.7 Å². The molecule has 39 heavy (non-hydrogen) atoms. The molecule has 1 amide bonds. The molecule has 3 aliphatic rings. The molecule has 2 aliphatic heterocycles. The molecular weight excluding hydrogens is 532 g/mol. The SMILES string of the molecule is Cc1cc(N2CCC(F)(F)CC2)nc(NC(=O)c2ncc(NS(=O)(=O)CCO)cc2N2CCC3(CC2)CC3)n1. The summed E-state index contributed by atoms with van der Waals surface area (Å²) in [5.74, 6) is -3.23. The predicted molar refractivity (Wildman–Crippen MR) is 143 cm³/mol. The number of amides is 1. The fraction of sp³-hybridized carbons (Fsp3) is 0.600. The van der Waals surface area contributed by atoms with Crippen LogP contribution in [0.5, 0.6) is 0 Å². The number of rotatable bonds is 8. The first-order chi connectivity index (χ1) is 18.5. The van der Waals surface area contributed by atoms with Crippen LogP contribution in [-0.4, -0.2) is 78.8 Å². The Morgan fingerprint density at radius 3 is 2.33 bits per heavy atom. The third-order valence-corrected chi connectivity index (χ3v) is 8.99. The Labute approximate surface area is 226 Å². The number of aryl methyl sites for hydroxylation is 1. The van der Waals surface area contributed by atoms with Crippen LogP contribution in [0.4, 0.5) is 31.9 Å². The summed E-state index contributed by atoms with van der Waals surface area (Å²) in [5, 5.41) is 11.7. The van der Waals surface area contributed by atoms with Crippen molar-refractivity contribution in [3.63, 3.8) is 0 Å². The molecule has 212 valence electrons. The van der Waals surface area contributed by atoms with Gasteiger partial charge >= 0.3 is 0 Å². The number of anilines is 4. The zero-order valence-electron chi connectivity index (χ0n) is 21.8. The van der Waals surface area contributed by atoms with Crippen LogP contribution in [0.2, 0.25) is 0 Å². The molecule has 1 spiro atoms. The average Bonchev–Trinajstić information content (AvgIpc) is 3.62. The molecule has 4 heterocycles. The van der Waals surface area contributed by atoms with Gasteiger partial charge in [-0.3, -0.25) is 14.8 Å². The lowest BCUT2D eigenvalue weighted by atomic mass is 9.93. The van der Waals surface area contributed by atoms with Gasteiger partial charge in [0.2, 0.25) is 16.0 Å². The smallest absolute Gasteiger partial charge is 0.278 e. The van der Waals surface area contributed by atoms with Gasteiger partial charge in [0.15, 0.2) is 5.69 Å². The lowest BCUT2D eigenvalue weighted by Gasteiger charge is -2.34. The van der Waals surface area contributed by atoms with Crippen molar-refractivity contribution >= 4 is 39.1 Å². The maximum absolute atomic E-state index is 13.6. The molecule has 2 saturated heterocycles. The van der Waals surface area contributed by atoms with E-state index in [9.17, 15) is 22.0 Å². The number of carbonyl (C=O) groups excluding carboxylic acids is 1. The highest BCUT2D eigenvalue weighted by Gasteiger charge is 2.45. The molecule has 2 aromatic heterocycles. The lowest BCUT2D eigenvalue weighted by Crippen LogP contribution is -2.40. The predicted octanol–water partition coefficient (Wildman–Crippen LogP) is 2.78. The topological polar surface area (TPSA) is 141 Å². The normalized spacial score (nSPS) is 20.1. The molecule has 14 heteroatoms. The van der Waals surface area contributed by atoms with Gasteiger partial charge in [-0.05, 0) is 44.1 Å². The molecule has 1 saturated carbocycles. The number of hydrogen-bond donors (Lipinski definition) is 3. The first-order valence-electron chi connectivity index (χ1n) is 13.1. The van der Waals surface area contributed by atoms with Crippen LogP contribution in [0, 0.1) is 12.3 Å². The highest BCUT2D eigenvalue weighted by molar-refractivity contribution is 7.92. The minimum atomic E-state index is -3.78. The van der Waals surface area contributed by atoms with E-state index < -0.39 is 34.2 Å². The fourth-order valence-electron chi connectivity index (χ4n) is 5.17. The lowest BCUT2D eigenvalue weighted by molar-refractivity contribution is -0.0221. The quantitative estimate of drug-likeness (QED) is 0.441. The molecule has 3 fully saturated rings. The van der Waals surface area contributed by atoms with Crippen molar-refractivity contribution in [2.24, 2.45) is 5.41 Å². The number of aliphatic hydroxyl groups is 1. The number of carbonyl (C=O) groups is 1. The molecule has 3 N–H and O–H groups in total.